The maximum absolute atomic E-state index is 10.9. The summed E-state index contributed by atoms with van der Waals surface area (Å²) in [7, 11) is 0. The topological polar surface area (TPSA) is 26.3 Å². The first-order chi connectivity index (χ1) is 7.31. The van der Waals surface area contributed by atoms with E-state index in [2.05, 4.69) is 25.2 Å². The average Bonchev–Trinajstić information content (AvgIpc) is 2.22. The van der Waals surface area contributed by atoms with Gasteiger partial charge < -0.3 is 4.74 Å². The van der Waals surface area contributed by atoms with Crippen LogP contribution in [-0.4, -0.2) is 12.6 Å². The molecule has 0 aromatic rings. The molecular formula is C13H22O2. The zero-order valence-corrected chi connectivity index (χ0v) is 9.87. The highest BCUT2D eigenvalue weighted by Gasteiger charge is 1.97. The number of carbonyl (C=O) groups is 1. The molecule has 15 heavy (non-hydrogen) atoms. The van der Waals surface area contributed by atoms with E-state index in [0.29, 0.717) is 13.0 Å². The van der Waals surface area contributed by atoms with Crippen LogP contribution in [0.2, 0.25) is 0 Å². The predicted molar refractivity (Wildman–Crippen MR) is 63.7 cm³/mol. The zero-order valence-electron chi connectivity index (χ0n) is 9.87. The van der Waals surface area contributed by atoms with E-state index < -0.39 is 0 Å². The molecule has 0 saturated carbocycles. The molecule has 2 heteroatoms. The van der Waals surface area contributed by atoms with Gasteiger partial charge in [-0.15, -0.1) is 0 Å². The Morgan fingerprint density at radius 3 is 2.33 bits per heavy atom. The molecule has 0 aliphatic carbocycles. The first-order valence-electron chi connectivity index (χ1n) is 5.76. The van der Waals surface area contributed by atoms with Crippen molar-refractivity contribution >= 4 is 5.97 Å². The summed E-state index contributed by atoms with van der Waals surface area (Å²) >= 11 is 0. The third-order valence-corrected chi connectivity index (χ3v) is 1.88. The summed E-state index contributed by atoms with van der Waals surface area (Å²) in [5.74, 6) is -0.108. The molecule has 0 atom stereocenters. The Labute approximate surface area is 93.0 Å². The van der Waals surface area contributed by atoms with Crippen molar-refractivity contribution in [1.82, 2.24) is 0 Å². The van der Waals surface area contributed by atoms with Gasteiger partial charge in [-0.05, 0) is 26.2 Å². The number of ether oxygens (including phenoxy) is 1. The summed E-state index contributed by atoms with van der Waals surface area (Å²) in [6.07, 6.45) is 13.0. The summed E-state index contributed by atoms with van der Waals surface area (Å²) in [5, 5.41) is 0. The number of unbranched alkanes of at least 4 members (excludes halogenated alkanes) is 1. The van der Waals surface area contributed by atoms with Crippen molar-refractivity contribution in [2.45, 2.75) is 46.0 Å². The fourth-order valence-corrected chi connectivity index (χ4v) is 1.11. The molecule has 0 radical (unpaired) electrons. The fraction of sp³-hybridized carbons (Fsp3) is 0.615. The van der Waals surface area contributed by atoms with E-state index in [4.69, 9.17) is 4.74 Å². The number of allylic oxidation sites excluding steroid dienone is 4. The van der Waals surface area contributed by atoms with Gasteiger partial charge >= 0.3 is 5.97 Å². The lowest BCUT2D eigenvalue weighted by atomic mass is 10.2. The Morgan fingerprint density at radius 2 is 1.73 bits per heavy atom. The van der Waals surface area contributed by atoms with Crippen LogP contribution in [-0.2, 0) is 9.53 Å². The van der Waals surface area contributed by atoms with Crippen molar-refractivity contribution in [3.05, 3.63) is 24.3 Å². The van der Waals surface area contributed by atoms with Crippen molar-refractivity contribution in [2.75, 3.05) is 6.61 Å². The molecule has 0 unspecified atom stereocenters. The largest absolute Gasteiger partial charge is 0.466 e. The van der Waals surface area contributed by atoms with Gasteiger partial charge in [0.25, 0.3) is 0 Å². The third kappa shape index (κ3) is 10.9. The smallest absolute Gasteiger partial charge is 0.306 e. The van der Waals surface area contributed by atoms with Crippen LogP contribution in [0, 0.1) is 0 Å². The molecular weight excluding hydrogens is 188 g/mol. The molecule has 0 rings (SSSR count). The van der Waals surface area contributed by atoms with Crippen molar-refractivity contribution in [1.29, 1.82) is 0 Å². The minimum Gasteiger partial charge on any atom is -0.466 e. The van der Waals surface area contributed by atoms with Crippen LogP contribution < -0.4 is 0 Å². The maximum atomic E-state index is 10.9. The van der Waals surface area contributed by atoms with Gasteiger partial charge in [0.15, 0.2) is 0 Å². The van der Waals surface area contributed by atoms with Crippen molar-refractivity contribution < 1.29 is 9.53 Å². The molecule has 86 valence electrons. The van der Waals surface area contributed by atoms with Gasteiger partial charge in [-0.25, -0.2) is 0 Å². The lowest BCUT2D eigenvalue weighted by molar-refractivity contribution is -0.142. The molecule has 0 spiro atoms. The number of hydrogen-bond donors (Lipinski definition) is 0. The molecule has 0 aromatic heterocycles. The molecule has 0 amide bonds. The Kier molecular flexibility index (Phi) is 10.3. The molecule has 0 N–H and O–H groups in total. The molecule has 0 bridgehead atoms. The lowest BCUT2D eigenvalue weighted by Gasteiger charge is -1.97. The second kappa shape index (κ2) is 11.0. The van der Waals surface area contributed by atoms with E-state index in [9.17, 15) is 4.79 Å². The first-order valence-corrected chi connectivity index (χ1v) is 5.76. The Bertz CT molecular complexity index is 205. The molecule has 0 fully saturated rings. The van der Waals surface area contributed by atoms with Gasteiger partial charge in [0.2, 0.25) is 0 Å². The van der Waals surface area contributed by atoms with Crippen LogP contribution in [0.3, 0.4) is 0 Å². The summed E-state index contributed by atoms with van der Waals surface area (Å²) < 4.78 is 4.81. The van der Waals surface area contributed by atoms with Crippen LogP contribution in [0.5, 0.6) is 0 Å². The van der Waals surface area contributed by atoms with E-state index in [1.807, 2.05) is 13.0 Å². The monoisotopic (exact) mass is 210 g/mol. The van der Waals surface area contributed by atoms with Crippen LogP contribution in [0.1, 0.15) is 46.0 Å². The second-order valence-corrected chi connectivity index (χ2v) is 3.31. The van der Waals surface area contributed by atoms with Crippen LogP contribution >= 0.6 is 0 Å². The minimum absolute atomic E-state index is 0.108. The highest BCUT2D eigenvalue weighted by atomic mass is 16.5. The van der Waals surface area contributed by atoms with Crippen LogP contribution in [0.25, 0.3) is 0 Å². The maximum Gasteiger partial charge on any atom is 0.306 e. The van der Waals surface area contributed by atoms with Gasteiger partial charge in [0.1, 0.15) is 0 Å². The molecule has 0 heterocycles. The Hall–Kier alpha value is -1.05. The van der Waals surface area contributed by atoms with Crippen LogP contribution in [0.15, 0.2) is 24.3 Å². The molecule has 0 aromatic carbocycles. The van der Waals surface area contributed by atoms with E-state index in [0.717, 1.165) is 19.3 Å². The van der Waals surface area contributed by atoms with E-state index in [-0.39, 0.29) is 5.97 Å². The summed E-state index contributed by atoms with van der Waals surface area (Å²) in [6.45, 7) is 4.47. The number of carbonyl (C=O) groups excluding carboxylic acids is 1. The van der Waals surface area contributed by atoms with Gasteiger partial charge in [0, 0.05) is 6.42 Å². The normalized spacial score (nSPS) is 11.3. The molecule has 0 saturated heterocycles. The van der Waals surface area contributed by atoms with Gasteiger partial charge in [0.05, 0.1) is 6.61 Å². The van der Waals surface area contributed by atoms with Crippen molar-refractivity contribution in [3.63, 3.8) is 0 Å². The standard InChI is InChI=1S/C13H22O2/c1-3-5-6-7-8-9-10-11-12-13(14)15-4-2/h6-7,9-10H,3-5,8,11-12H2,1-2H3/b7-6+,10-9+. The van der Waals surface area contributed by atoms with Crippen molar-refractivity contribution in [2.24, 2.45) is 0 Å². The number of esters is 1. The minimum atomic E-state index is -0.108. The molecule has 0 aliphatic heterocycles. The van der Waals surface area contributed by atoms with Gasteiger partial charge in [-0.2, -0.15) is 0 Å². The highest BCUT2D eigenvalue weighted by molar-refractivity contribution is 5.69. The fourth-order valence-electron chi connectivity index (χ4n) is 1.11. The molecule has 0 aliphatic rings. The number of rotatable bonds is 8. The second-order valence-electron chi connectivity index (χ2n) is 3.31. The average molecular weight is 210 g/mol. The van der Waals surface area contributed by atoms with Crippen LogP contribution in [0.4, 0.5) is 0 Å². The summed E-state index contributed by atoms with van der Waals surface area (Å²) in [5.41, 5.74) is 0. The first kappa shape index (κ1) is 13.9. The zero-order chi connectivity index (χ0) is 11.4. The predicted octanol–water partition coefficient (Wildman–Crippen LogP) is 3.63. The SMILES string of the molecule is CCC/C=C/C/C=C/CCC(=O)OCC. The Morgan fingerprint density at radius 1 is 1.07 bits per heavy atom. The van der Waals surface area contributed by atoms with Crippen molar-refractivity contribution in [3.8, 4) is 0 Å². The van der Waals surface area contributed by atoms with Gasteiger partial charge in [-0.3, -0.25) is 4.79 Å². The summed E-state index contributed by atoms with van der Waals surface area (Å²) in [4.78, 5) is 10.9. The molecule has 2 nitrogen and oxygen atoms in total. The lowest BCUT2D eigenvalue weighted by Crippen LogP contribution is -2.02. The number of hydrogen-bond acceptors (Lipinski definition) is 2. The highest BCUT2D eigenvalue weighted by Crippen LogP contribution is 1.97. The third-order valence-electron chi connectivity index (χ3n) is 1.88. The quantitative estimate of drug-likeness (QED) is 0.451. The van der Waals surface area contributed by atoms with Gasteiger partial charge in [-0.1, -0.05) is 37.6 Å². The Balaban J connectivity index is 3.35. The van der Waals surface area contributed by atoms with E-state index in [1.54, 1.807) is 0 Å². The van der Waals surface area contributed by atoms with E-state index >= 15 is 0 Å². The summed E-state index contributed by atoms with van der Waals surface area (Å²) in [6, 6.07) is 0. The van der Waals surface area contributed by atoms with E-state index in [1.165, 1.54) is 6.42 Å².